The summed E-state index contributed by atoms with van der Waals surface area (Å²) in [5.74, 6) is 0.886. The maximum Gasteiger partial charge on any atom is 0.152 e. The Kier molecular flexibility index (Phi) is 5.52. The molecule has 0 aliphatic heterocycles. The third-order valence-electron chi connectivity index (χ3n) is 4.60. The van der Waals surface area contributed by atoms with E-state index in [0.29, 0.717) is 12.5 Å². The number of hydrogen-bond acceptors (Lipinski definition) is 3. The molecule has 0 amide bonds. The summed E-state index contributed by atoms with van der Waals surface area (Å²) in [6.07, 6.45) is 6.38. The summed E-state index contributed by atoms with van der Waals surface area (Å²) in [6.45, 7) is 1.82. The molecule has 3 nitrogen and oxygen atoms in total. The van der Waals surface area contributed by atoms with Gasteiger partial charge in [0, 0.05) is 17.8 Å². The van der Waals surface area contributed by atoms with Crippen molar-refractivity contribution in [2.75, 3.05) is 0 Å². The average Bonchev–Trinajstić information content (AvgIpc) is 2.55. The second-order valence-corrected chi connectivity index (χ2v) is 6.67. The van der Waals surface area contributed by atoms with Gasteiger partial charge in [0.25, 0.3) is 0 Å². The summed E-state index contributed by atoms with van der Waals surface area (Å²) >= 11 is 0. The molecular weight excluding hydrogens is 286 g/mol. The molecule has 124 valence electrons. The molecule has 23 heavy (non-hydrogen) atoms. The lowest BCUT2D eigenvalue weighted by molar-refractivity contribution is 0.0735. The molecule has 2 N–H and O–H groups in total. The molecule has 3 rings (SSSR count). The number of aliphatic hydroxyl groups is 1. The topological polar surface area (TPSA) is 41.5 Å². The van der Waals surface area contributed by atoms with Crippen molar-refractivity contribution in [1.82, 2.24) is 5.32 Å². The maximum absolute atomic E-state index is 9.82. The zero-order valence-electron chi connectivity index (χ0n) is 13.9. The average molecular weight is 313 g/mol. The molecule has 0 spiro atoms. The lowest BCUT2D eigenvalue weighted by atomic mass is 9.95. The molecule has 0 aromatic heterocycles. The van der Waals surface area contributed by atoms with E-state index in [9.17, 15) is 5.11 Å². The number of hydrogen-bond donors (Lipinski definition) is 2. The van der Waals surface area contributed by atoms with Crippen molar-refractivity contribution in [1.29, 1.82) is 0 Å². The number of rotatable bonds is 6. The first-order valence-corrected chi connectivity index (χ1v) is 8.81. The van der Waals surface area contributed by atoms with Crippen LogP contribution in [0.3, 0.4) is 0 Å². The lowest BCUT2D eigenvalue weighted by Gasteiger charge is -2.30. The van der Waals surface area contributed by atoms with Crippen LogP contribution in [0.1, 0.15) is 45.4 Å². The van der Waals surface area contributed by atoms with Crippen molar-refractivity contribution < 1.29 is 9.84 Å². The second-order valence-electron chi connectivity index (χ2n) is 6.67. The Labute approximate surface area is 138 Å². The van der Waals surface area contributed by atoms with Gasteiger partial charge in [-0.25, -0.2) is 0 Å². The molecule has 0 radical (unpaired) electrons. The minimum atomic E-state index is -0.383. The van der Waals surface area contributed by atoms with Crippen molar-refractivity contribution in [3.63, 3.8) is 0 Å². The minimum absolute atomic E-state index is 0.149. The first-order chi connectivity index (χ1) is 11.2. The molecule has 2 unspecified atom stereocenters. The standard InChI is InChI=1S/C20H27NO2/c1-15(22)14-20(21-17-10-3-2-4-11-17)23-19-13-7-9-16-8-5-6-12-18(16)19/h5-9,12-13,15,17,20-22H,2-4,10-11,14H2,1H3. The van der Waals surface area contributed by atoms with Crippen LogP contribution in [0.5, 0.6) is 5.75 Å². The molecule has 0 bridgehead atoms. The molecule has 2 aromatic carbocycles. The second kappa shape index (κ2) is 7.80. The van der Waals surface area contributed by atoms with E-state index >= 15 is 0 Å². The molecule has 1 fully saturated rings. The van der Waals surface area contributed by atoms with Crippen LogP contribution >= 0.6 is 0 Å². The van der Waals surface area contributed by atoms with Gasteiger partial charge in [-0.2, -0.15) is 0 Å². The van der Waals surface area contributed by atoms with Crippen LogP contribution < -0.4 is 10.1 Å². The first-order valence-electron chi connectivity index (χ1n) is 8.81. The van der Waals surface area contributed by atoms with Gasteiger partial charge in [0.05, 0.1) is 6.10 Å². The third-order valence-corrected chi connectivity index (χ3v) is 4.60. The first kappa shape index (κ1) is 16.3. The van der Waals surface area contributed by atoms with Crippen molar-refractivity contribution in [3.8, 4) is 5.75 Å². The van der Waals surface area contributed by atoms with Crippen LogP contribution in [0.15, 0.2) is 42.5 Å². The highest BCUT2D eigenvalue weighted by Gasteiger charge is 2.21. The molecule has 3 heteroatoms. The predicted octanol–water partition coefficient (Wildman–Crippen LogP) is 4.24. The number of fused-ring (bicyclic) bond motifs is 1. The van der Waals surface area contributed by atoms with Gasteiger partial charge in [-0.3, -0.25) is 5.32 Å². The number of nitrogens with one attached hydrogen (secondary N) is 1. The van der Waals surface area contributed by atoms with Crippen molar-refractivity contribution >= 4 is 10.8 Å². The summed E-state index contributed by atoms with van der Waals surface area (Å²) in [5, 5.41) is 15.7. The Morgan fingerprint density at radius 1 is 1.09 bits per heavy atom. The molecule has 1 aliphatic carbocycles. The van der Waals surface area contributed by atoms with Crippen LogP contribution in [-0.2, 0) is 0 Å². The van der Waals surface area contributed by atoms with Crippen LogP contribution in [-0.4, -0.2) is 23.5 Å². The van der Waals surface area contributed by atoms with Gasteiger partial charge in [-0.15, -0.1) is 0 Å². The van der Waals surface area contributed by atoms with Crippen molar-refractivity contribution in [3.05, 3.63) is 42.5 Å². The Morgan fingerprint density at radius 2 is 1.83 bits per heavy atom. The monoisotopic (exact) mass is 313 g/mol. The predicted molar refractivity (Wildman–Crippen MR) is 94.7 cm³/mol. The fourth-order valence-electron chi connectivity index (χ4n) is 3.44. The van der Waals surface area contributed by atoms with Gasteiger partial charge in [0.2, 0.25) is 0 Å². The minimum Gasteiger partial charge on any atom is -0.475 e. The molecule has 0 saturated heterocycles. The fourth-order valence-corrected chi connectivity index (χ4v) is 3.44. The summed E-state index contributed by atoms with van der Waals surface area (Å²) in [5.41, 5.74) is 0. The zero-order valence-corrected chi connectivity index (χ0v) is 13.9. The van der Waals surface area contributed by atoms with Gasteiger partial charge in [0.15, 0.2) is 6.23 Å². The highest BCUT2D eigenvalue weighted by Crippen LogP contribution is 2.27. The molecule has 2 aromatic rings. The highest BCUT2D eigenvalue weighted by atomic mass is 16.5. The SMILES string of the molecule is CC(O)CC(NC1CCCCC1)Oc1cccc2ccccc12. The summed E-state index contributed by atoms with van der Waals surface area (Å²) < 4.78 is 6.27. The summed E-state index contributed by atoms with van der Waals surface area (Å²) in [7, 11) is 0. The van der Waals surface area contributed by atoms with Crippen LogP contribution in [0.25, 0.3) is 10.8 Å². The van der Waals surface area contributed by atoms with Gasteiger partial charge in [0.1, 0.15) is 5.75 Å². The zero-order chi connectivity index (χ0) is 16.1. The smallest absolute Gasteiger partial charge is 0.152 e. The summed E-state index contributed by atoms with van der Waals surface area (Å²) in [4.78, 5) is 0. The van der Waals surface area contributed by atoms with E-state index in [2.05, 4.69) is 23.5 Å². The molecule has 0 heterocycles. The Balaban J connectivity index is 1.76. The van der Waals surface area contributed by atoms with Gasteiger partial charge in [-0.1, -0.05) is 55.7 Å². The van der Waals surface area contributed by atoms with Gasteiger partial charge < -0.3 is 9.84 Å². The molecular formula is C20H27NO2. The normalized spacial score (nSPS) is 18.7. The number of aliphatic hydroxyl groups excluding tert-OH is 1. The molecule has 1 saturated carbocycles. The van der Waals surface area contributed by atoms with Gasteiger partial charge >= 0.3 is 0 Å². The van der Waals surface area contributed by atoms with E-state index in [1.165, 1.54) is 37.5 Å². The molecule has 2 atom stereocenters. The largest absolute Gasteiger partial charge is 0.475 e. The molecule has 1 aliphatic rings. The van der Waals surface area contributed by atoms with Crippen molar-refractivity contribution in [2.24, 2.45) is 0 Å². The van der Waals surface area contributed by atoms with Crippen LogP contribution in [0, 0.1) is 0 Å². The van der Waals surface area contributed by atoms with E-state index in [0.717, 1.165) is 11.1 Å². The van der Waals surface area contributed by atoms with Crippen molar-refractivity contribution in [2.45, 2.75) is 63.8 Å². The van der Waals surface area contributed by atoms with E-state index < -0.39 is 0 Å². The number of ether oxygens (including phenoxy) is 1. The van der Waals surface area contributed by atoms with E-state index in [1.54, 1.807) is 0 Å². The Morgan fingerprint density at radius 3 is 2.61 bits per heavy atom. The van der Waals surface area contributed by atoms with E-state index in [1.807, 2.05) is 31.2 Å². The maximum atomic E-state index is 9.82. The Bertz CT molecular complexity index is 615. The third kappa shape index (κ3) is 4.46. The lowest BCUT2D eigenvalue weighted by Crippen LogP contribution is -2.44. The number of benzene rings is 2. The quantitative estimate of drug-likeness (QED) is 0.784. The Hall–Kier alpha value is -1.58. The van der Waals surface area contributed by atoms with Crippen LogP contribution in [0.4, 0.5) is 0 Å². The fraction of sp³-hybridized carbons (Fsp3) is 0.500. The van der Waals surface area contributed by atoms with E-state index in [-0.39, 0.29) is 12.3 Å². The van der Waals surface area contributed by atoms with Gasteiger partial charge in [-0.05, 0) is 31.2 Å². The van der Waals surface area contributed by atoms with Crippen LogP contribution in [0.2, 0.25) is 0 Å². The summed E-state index contributed by atoms with van der Waals surface area (Å²) in [6, 6.07) is 14.9. The highest BCUT2D eigenvalue weighted by molar-refractivity contribution is 5.88. The van der Waals surface area contributed by atoms with E-state index in [4.69, 9.17) is 4.74 Å².